The molecule has 0 aliphatic carbocycles. The molecule has 8 aromatic carbocycles. The van der Waals surface area contributed by atoms with E-state index in [1.165, 1.54) is 69.3 Å². The molecule has 1 aromatic heterocycles. The van der Waals surface area contributed by atoms with E-state index in [1.807, 2.05) is 11.3 Å². The van der Waals surface area contributed by atoms with Crippen LogP contribution in [0.25, 0.3) is 63.6 Å². The highest BCUT2D eigenvalue weighted by Crippen LogP contribution is 2.49. The second-order valence-electron chi connectivity index (χ2n) is 11.3. The predicted molar refractivity (Wildman–Crippen MR) is 192 cm³/mol. The van der Waals surface area contributed by atoms with Crippen LogP contribution in [0.5, 0.6) is 0 Å². The Morgan fingerprint density at radius 3 is 1.73 bits per heavy atom. The molecular formula is C42H27NS. The van der Waals surface area contributed by atoms with Gasteiger partial charge in [-0.25, -0.2) is 0 Å². The van der Waals surface area contributed by atoms with Crippen molar-refractivity contribution in [2.24, 2.45) is 0 Å². The van der Waals surface area contributed by atoms with E-state index in [0.717, 1.165) is 11.4 Å². The van der Waals surface area contributed by atoms with Crippen LogP contribution in [0.15, 0.2) is 164 Å². The van der Waals surface area contributed by atoms with Crippen molar-refractivity contribution in [2.75, 3.05) is 4.90 Å². The van der Waals surface area contributed by atoms with Gasteiger partial charge in [-0.15, -0.1) is 11.3 Å². The molecule has 0 saturated carbocycles. The van der Waals surface area contributed by atoms with E-state index in [9.17, 15) is 0 Å². The van der Waals surface area contributed by atoms with Crippen LogP contribution in [0.4, 0.5) is 17.1 Å². The number of rotatable bonds is 4. The number of nitrogens with zero attached hydrogens (tertiary/aromatic N) is 1. The quantitative estimate of drug-likeness (QED) is 0.188. The highest BCUT2D eigenvalue weighted by molar-refractivity contribution is 7.26. The minimum absolute atomic E-state index is 1.14. The van der Waals surface area contributed by atoms with Crippen LogP contribution >= 0.6 is 11.3 Å². The summed E-state index contributed by atoms with van der Waals surface area (Å²) < 4.78 is 2.62. The van der Waals surface area contributed by atoms with Gasteiger partial charge < -0.3 is 4.90 Å². The van der Waals surface area contributed by atoms with Crippen molar-refractivity contribution >= 4 is 80.9 Å². The maximum atomic E-state index is 2.45. The van der Waals surface area contributed by atoms with Crippen molar-refractivity contribution in [3.63, 3.8) is 0 Å². The first-order chi connectivity index (χ1) is 21.8. The van der Waals surface area contributed by atoms with E-state index < -0.39 is 0 Å². The number of fused-ring (bicyclic) bond motifs is 7. The molecule has 1 heterocycles. The van der Waals surface area contributed by atoms with E-state index in [4.69, 9.17) is 0 Å². The Morgan fingerprint density at radius 1 is 0.386 bits per heavy atom. The Kier molecular flexibility index (Phi) is 5.75. The number of thiophene rings is 1. The standard InChI is InChI=1S/C42H27NS/c1-2-14-31(15-3-1)43(42-34-17-7-5-13-30(34)27-40-41(42)37-20-10-11-21-39(37)44-40)32-24-22-28(23-25-32)38-26-29-12-4-6-16-33(29)35-18-8-9-19-36(35)38/h1-27H. The highest BCUT2D eigenvalue weighted by Gasteiger charge is 2.21. The molecule has 1 nitrogen and oxygen atoms in total. The minimum Gasteiger partial charge on any atom is -0.309 e. The molecule has 0 N–H and O–H groups in total. The van der Waals surface area contributed by atoms with E-state index in [2.05, 4.69) is 169 Å². The maximum Gasteiger partial charge on any atom is 0.0633 e. The van der Waals surface area contributed by atoms with Gasteiger partial charge in [0.05, 0.1) is 5.69 Å². The highest BCUT2D eigenvalue weighted by atomic mass is 32.1. The Hall–Kier alpha value is -5.44. The normalized spacial score (nSPS) is 11.6. The summed E-state index contributed by atoms with van der Waals surface area (Å²) in [4.78, 5) is 2.45. The first kappa shape index (κ1) is 25.1. The fourth-order valence-electron chi connectivity index (χ4n) is 6.82. The summed E-state index contributed by atoms with van der Waals surface area (Å²) in [5.41, 5.74) is 5.98. The van der Waals surface area contributed by atoms with Gasteiger partial charge in [-0.2, -0.15) is 0 Å². The molecule has 2 heteroatoms. The summed E-state index contributed by atoms with van der Waals surface area (Å²) in [5.74, 6) is 0. The SMILES string of the molecule is c1ccc(N(c2ccc(-c3cc4ccccc4c4ccccc34)cc2)c2c3ccccc3cc3sc4ccccc4c23)cc1. The molecule has 0 saturated heterocycles. The summed E-state index contributed by atoms with van der Waals surface area (Å²) in [5, 5.41) is 10.2. The molecule has 9 aromatic rings. The molecular weight excluding hydrogens is 551 g/mol. The van der Waals surface area contributed by atoms with Gasteiger partial charge in [0.15, 0.2) is 0 Å². The van der Waals surface area contributed by atoms with Gasteiger partial charge >= 0.3 is 0 Å². The fraction of sp³-hybridized carbons (Fsp3) is 0. The van der Waals surface area contributed by atoms with Gasteiger partial charge in [-0.05, 0) is 80.5 Å². The van der Waals surface area contributed by atoms with Crippen LogP contribution in [0.3, 0.4) is 0 Å². The van der Waals surface area contributed by atoms with Crippen LogP contribution in [-0.4, -0.2) is 0 Å². The van der Waals surface area contributed by atoms with Crippen molar-refractivity contribution in [1.29, 1.82) is 0 Å². The van der Waals surface area contributed by atoms with Crippen molar-refractivity contribution in [1.82, 2.24) is 0 Å². The first-order valence-corrected chi connectivity index (χ1v) is 15.8. The number of anilines is 3. The molecule has 0 aliphatic heterocycles. The van der Waals surface area contributed by atoms with Gasteiger partial charge in [0.1, 0.15) is 0 Å². The zero-order valence-corrected chi connectivity index (χ0v) is 24.8. The maximum absolute atomic E-state index is 2.45. The number of para-hydroxylation sites is 1. The molecule has 0 bridgehead atoms. The summed E-state index contributed by atoms with van der Waals surface area (Å²) in [6.07, 6.45) is 0. The second kappa shape index (κ2) is 10.1. The van der Waals surface area contributed by atoms with E-state index in [1.54, 1.807) is 0 Å². The Bertz CT molecular complexity index is 2490. The Morgan fingerprint density at radius 2 is 0.955 bits per heavy atom. The number of hydrogen-bond donors (Lipinski definition) is 0. The summed E-state index contributed by atoms with van der Waals surface area (Å²) >= 11 is 1.87. The zero-order chi connectivity index (χ0) is 29.0. The molecule has 0 unspecified atom stereocenters. The summed E-state index contributed by atoms with van der Waals surface area (Å²) in [7, 11) is 0. The van der Waals surface area contributed by atoms with Crippen LogP contribution < -0.4 is 4.90 Å². The van der Waals surface area contributed by atoms with Gasteiger partial charge in [-0.3, -0.25) is 0 Å². The smallest absolute Gasteiger partial charge is 0.0633 e. The molecule has 0 amide bonds. The fourth-order valence-corrected chi connectivity index (χ4v) is 7.98. The first-order valence-electron chi connectivity index (χ1n) is 15.0. The van der Waals surface area contributed by atoms with Gasteiger partial charge in [-0.1, -0.05) is 121 Å². The topological polar surface area (TPSA) is 3.24 Å². The third-order valence-electron chi connectivity index (χ3n) is 8.80. The molecule has 9 rings (SSSR count). The third-order valence-corrected chi connectivity index (χ3v) is 9.92. The molecule has 0 fully saturated rings. The lowest BCUT2D eigenvalue weighted by molar-refractivity contribution is 1.31. The number of hydrogen-bond acceptors (Lipinski definition) is 2. The number of benzene rings is 8. The van der Waals surface area contributed by atoms with E-state index in [0.29, 0.717) is 0 Å². The molecule has 0 aliphatic rings. The van der Waals surface area contributed by atoms with Gasteiger partial charge in [0, 0.05) is 36.9 Å². The van der Waals surface area contributed by atoms with Gasteiger partial charge in [0.25, 0.3) is 0 Å². The van der Waals surface area contributed by atoms with Crippen molar-refractivity contribution < 1.29 is 0 Å². The third kappa shape index (κ3) is 3.92. The van der Waals surface area contributed by atoms with Crippen molar-refractivity contribution in [3.05, 3.63) is 164 Å². The Labute approximate surface area is 259 Å². The van der Waals surface area contributed by atoms with Crippen LogP contribution in [-0.2, 0) is 0 Å². The molecule has 0 radical (unpaired) electrons. The molecule has 44 heavy (non-hydrogen) atoms. The van der Waals surface area contributed by atoms with Crippen molar-refractivity contribution in [3.8, 4) is 11.1 Å². The van der Waals surface area contributed by atoms with Crippen LogP contribution in [0, 0.1) is 0 Å². The van der Waals surface area contributed by atoms with E-state index >= 15 is 0 Å². The Balaban J connectivity index is 1.30. The lowest BCUT2D eigenvalue weighted by atomic mass is 9.93. The van der Waals surface area contributed by atoms with Crippen molar-refractivity contribution in [2.45, 2.75) is 0 Å². The van der Waals surface area contributed by atoms with Crippen LogP contribution in [0.2, 0.25) is 0 Å². The molecule has 206 valence electrons. The average Bonchev–Trinajstić information content (AvgIpc) is 3.47. The second-order valence-corrected chi connectivity index (χ2v) is 12.4. The van der Waals surface area contributed by atoms with Crippen LogP contribution in [0.1, 0.15) is 0 Å². The van der Waals surface area contributed by atoms with Gasteiger partial charge in [0.2, 0.25) is 0 Å². The predicted octanol–water partition coefficient (Wildman–Crippen LogP) is 12.7. The summed E-state index contributed by atoms with van der Waals surface area (Å²) in [6.45, 7) is 0. The minimum atomic E-state index is 1.14. The molecule has 0 spiro atoms. The van der Waals surface area contributed by atoms with E-state index in [-0.39, 0.29) is 0 Å². The monoisotopic (exact) mass is 577 g/mol. The lowest BCUT2D eigenvalue weighted by Gasteiger charge is -2.28. The molecule has 0 atom stereocenters. The average molecular weight is 578 g/mol. The lowest BCUT2D eigenvalue weighted by Crippen LogP contribution is -2.11. The summed E-state index contributed by atoms with van der Waals surface area (Å²) in [6, 6.07) is 59.7. The zero-order valence-electron chi connectivity index (χ0n) is 23.9. The largest absolute Gasteiger partial charge is 0.309 e.